The predicted octanol–water partition coefficient (Wildman–Crippen LogP) is 6.92. The van der Waals surface area contributed by atoms with Gasteiger partial charge in [-0.2, -0.15) is 0 Å². The molecule has 14 nitrogen and oxygen atoms in total. The molecule has 0 saturated heterocycles. The maximum Gasteiger partial charge on any atom is 0.510 e. The summed E-state index contributed by atoms with van der Waals surface area (Å²) in [4.78, 5) is 42.7. The van der Waals surface area contributed by atoms with Gasteiger partial charge in [0.25, 0.3) is 0 Å². The van der Waals surface area contributed by atoms with Crippen molar-refractivity contribution >= 4 is 32.0 Å². The van der Waals surface area contributed by atoms with Crippen LogP contribution in [0.4, 0.5) is 9.59 Å². The number of hydrogen-bond donors (Lipinski definition) is 2. The molecule has 0 bridgehead atoms. The second kappa shape index (κ2) is 17.3. The molecule has 2 fully saturated rings. The molecule has 0 aromatic carbocycles. The van der Waals surface area contributed by atoms with Gasteiger partial charge in [-0.25, -0.2) is 29.4 Å². The van der Waals surface area contributed by atoms with Gasteiger partial charge in [0.2, 0.25) is 12.6 Å². The van der Waals surface area contributed by atoms with Crippen molar-refractivity contribution in [3.63, 3.8) is 0 Å². The van der Waals surface area contributed by atoms with Crippen LogP contribution in [0, 0.1) is 17.2 Å². The zero-order valence-corrected chi connectivity index (χ0v) is 28.4. The van der Waals surface area contributed by atoms with Crippen LogP contribution < -0.4 is 5.09 Å². The molecule has 2 aliphatic carbocycles. The number of rotatable bonds is 12. The number of ether oxygens (including phenoxy) is 4. The molecular formula is C29H53N3O11P+. The topological polar surface area (TPSA) is 169 Å². The lowest BCUT2D eigenvalue weighted by molar-refractivity contribution is -1.02. The van der Waals surface area contributed by atoms with E-state index in [4.69, 9.17) is 38.2 Å². The minimum absolute atomic E-state index is 0.292. The smallest absolute Gasteiger partial charge is 0.431 e. The van der Waals surface area contributed by atoms with Crippen LogP contribution in [0.15, 0.2) is 0 Å². The molecule has 2 saturated carbocycles. The molecule has 2 rings (SSSR count). The van der Waals surface area contributed by atoms with Gasteiger partial charge < -0.3 is 18.9 Å². The van der Waals surface area contributed by atoms with Gasteiger partial charge >= 0.3 is 32.0 Å². The fraction of sp³-hybridized carbons (Fsp3) is 0.862. The molecule has 3 atom stereocenters. The molecule has 0 spiro atoms. The Morgan fingerprint density at radius 2 is 1.14 bits per heavy atom. The van der Waals surface area contributed by atoms with Crippen LogP contribution >= 0.6 is 7.75 Å². The third-order valence-electron chi connectivity index (χ3n) is 7.62. The van der Waals surface area contributed by atoms with Crippen LogP contribution in [0.5, 0.6) is 0 Å². The highest BCUT2D eigenvalue weighted by atomic mass is 31.2. The number of nitrogens with zero attached hydrogens (tertiary/aromatic N) is 1. The molecule has 2 aliphatic rings. The molecule has 0 aliphatic heterocycles. The normalized spacial score (nSPS) is 20.6. The largest absolute Gasteiger partial charge is 0.510 e. The number of carbonyl (C=O) groups is 3. The third-order valence-corrected chi connectivity index (χ3v) is 9.08. The van der Waals surface area contributed by atoms with Gasteiger partial charge in [0, 0.05) is 18.8 Å². The van der Waals surface area contributed by atoms with Gasteiger partial charge in [-0.15, -0.1) is 0 Å². The Bertz CT molecular complexity index is 961. The highest BCUT2D eigenvalue weighted by Crippen LogP contribution is 2.49. The van der Waals surface area contributed by atoms with Crippen molar-refractivity contribution in [3.8, 4) is 0 Å². The molecule has 44 heavy (non-hydrogen) atoms. The standard InChI is InChI=1S/C29H53N3O11P/c1-19(2)25(39-28(34)37-23-15-11-9-12-16-23)42-44(36,31-27(30)32(8,21(5)6)41-22(7)33)43-26(20(3)4)40-29(35)38-24-17-13-10-14-18-24/h19-21,23-26H,9-18H2,1-8H3,(H2,30,31,36)/q+1. The van der Waals surface area contributed by atoms with Crippen molar-refractivity contribution in [2.45, 2.75) is 144 Å². The van der Waals surface area contributed by atoms with Gasteiger partial charge in [-0.1, -0.05) is 45.2 Å². The summed E-state index contributed by atoms with van der Waals surface area (Å²) in [6, 6.07) is -0.502. The molecule has 2 N–H and O–H groups in total. The summed E-state index contributed by atoms with van der Waals surface area (Å²) in [7, 11) is -3.30. The average molecular weight is 651 g/mol. The summed E-state index contributed by atoms with van der Waals surface area (Å²) in [5.74, 6) is -2.34. The first-order valence-electron chi connectivity index (χ1n) is 15.7. The number of hydrogen-bond acceptors (Lipinski definition) is 12. The Morgan fingerprint density at radius 3 is 1.45 bits per heavy atom. The molecule has 0 radical (unpaired) electrons. The molecule has 0 heterocycles. The number of quaternary nitrogens is 1. The molecule has 15 heteroatoms. The van der Waals surface area contributed by atoms with E-state index < -0.39 is 67.1 Å². The maximum absolute atomic E-state index is 14.4. The zero-order chi connectivity index (χ0) is 33.1. The first kappa shape index (κ1) is 37.8. The number of nitrogens with one attached hydrogen (secondary N) is 2. The summed E-state index contributed by atoms with van der Waals surface area (Å²) in [5, 5.41) is 11.2. The van der Waals surface area contributed by atoms with Gasteiger partial charge in [0.05, 0.1) is 0 Å². The number of carbonyl (C=O) groups excluding carboxylic acids is 3. The molecule has 0 amide bonds. The fourth-order valence-corrected chi connectivity index (χ4v) is 6.43. The minimum Gasteiger partial charge on any atom is -0.431 e. The van der Waals surface area contributed by atoms with E-state index in [0.29, 0.717) is 0 Å². The Balaban J connectivity index is 2.32. The van der Waals surface area contributed by atoms with E-state index in [9.17, 15) is 18.9 Å². The van der Waals surface area contributed by atoms with Crippen molar-refractivity contribution < 1.29 is 56.4 Å². The van der Waals surface area contributed by atoms with Crippen molar-refractivity contribution in [1.82, 2.24) is 5.09 Å². The van der Waals surface area contributed by atoms with Crippen LogP contribution in [0.2, 0.25) is 0 Å². The molecule has 0 aromatic rings. The average Bonchev–Trinajstić information content (AvgIpc) is 2.92. The molecular weight excluding hydrogens is 597 g/mol. The molecule has 0 aromatic heterocycles. The lowest BCUT2D eigenvalue weighted by atomic mass is 9.98. The maximum atomic E-state index is 14.4. The second-order valence-electron chi connectivity index (χ2n) is 12.6. The summed E-state index contributed by atoms with van der Waals surface area (Å²) >= 11 is 0. The summed E-state index contributed by atoms with van der Waals surface area (Å²) in [6.45, 7) is 11.2. The highest BCUT2D eigenvalue weighted by molar-refractivity contribution is 7.52. The number of guanidine groups is 1. The highest BCUT2D eigenvalue weighted by Gasteiger charge is 2.46. The first-order valence-corrected chi connectivity index (χ1v) is 17.2. The van der Waals surface area contributed by atoms with Crippen LogP contribution in [-0.4, -0.2) is 66.8 Å². The Hall–Kier alpha value is -2.41. The Labute approximate surface area is 261 Å². The van der Waals surface area contributed by atoms with Crippen LogP contribution in [-0.2, 0) is 42.2 Å². The van der Waals surface area contributed by atoms with Crippen LogP contribution in [0.25, 0.3) is 0 Å². The summed E-state index contributed by atoms with van der Waals surface area (Å²) < 4.78 is 47.1. The minimum atomic E-state index is -4.72. The van der Waals surface area contributed by atoms with Crippen molar-refractivity contribution in [2.75, 3.05) is 7.05 Å². The van der Waals surface area contributed by atoms with E-state index in [0.717, 1.165) is 64.2 Å². The fourth-order valence-electron chi connectivity index (χ4n) is 4.70. The summed E-state index contributed by atoms with van der Waals surface area (Å²) in [5.41, 5.74) is 0. The van der Waals surface area contributed by atoms with Crippen molar-refractivity contribution in [1.29, 1.82) is 5.41 Å². The predicted molar refractivity (Wildman–Crippen MR) is 160 cm³/mol. The van der Waals surface area contributed by atoms with E-state index in [2.05, 4.69) is 5.09 Å². The van der Waals surface area contributed by atoms with E-state index in [1.165, 1.54) is 14.0 Å². The number of hydroxylamine groups is 3. The zero-order valence-electron chi connectivity index (χ0n) is 27.5. The van der Waals surface area contributed by atoms with Crippen LogP contribution in [0.1, 0.15) is 113 Å². The van der Waals surface area contributed by atoms with Gasteiger partial charge in [-0.05, 0) is 65.2 Å². The van der Waals surface area contributed by atoms with Crippen molar-refractivity contribution in [2.24, 2.45) is 11.8 Å². The monoisotopic (exact) mass is 650 g/mol. The van der Waals surface area contributed by atoms with Gasteiger partial charge in [0.1, 0.15) is 25.3 Å². The molecule has 254 valence electrons. The quantitative estimate of drug-likeness (QED) is 0.0426. The van der Waals surface area contributed by atoms with Crippen molar-refractivity contribution in [3.05, 3.63) is 0 Å². The van der Waals surface area contributed by atoms with Crippen LogP contribution in [0.3, 0.4) is 0 Å². The second-order valence-corrected chi connectivity index (χ2v) is 14.2. The SMILES string of the molecule is CC(=O)O[N+](C)(C(=N)NP(=O)(OC(OC(=O)OC1CCCCC1)C(C)C)OC(OC(=O)OC1CCCCC1)C(C)C)C(C)C. The van der Waals surface area contributed by atoms with E-state index >= 15 is 0 Å². The summed E-state index contributed by atoms with van der Waals surface area (Å²) in [6.07, 6.45) is 3.28. The van der Waals surface area contributed by atoms with E-state index in [1.54, 1.807) is 41.5 Å². The Morgan fingerprint density at radius 1 is 0.750 bits per heavy atom. The van der Waals surface area contributed by atoms with E-state index in [-0.39, 0.29) is 12.2 Å². The van der Waals surface area contributed by atoms with Gasteiger partial charge in [0.15, 0.2) is 0 Å². The van der Waals surface area contributed by atoms with Gasteiger partial charge in [-0.3, -0.25) is 13.9 Å². The molecule has 3 unspecified atom stereocenters. The third kappa shape index (κ3) is 12.2. The lowest BCUT2D eigenvalue weighted by Gasteiger charge is -2.35. The Kier molecular flexibility index (Phi) is 14.9. The lowest BCUT2D eigenvalue weighted by Crippen LogP contribution is -2.59. The van der Waals surface area contributed by atoms with E-state index in [1.807, 2.05) is 0 Å². The first-order chi connectivity index (χ1) is 20.5.